The molecule has 1 aliphatic carbocycles. The van der Waals surface area contributed by atoms with Crippen LogP contribution in [0.5, 0.6) is 0 Å². The number of carboxylic acids is 1. The molecule has 2 unspecified atom stereocenters. The summed E-state index contributed by atoms with van der Waals surface area (Å²) in [4.78, 5) is 24.7. The number of hydrogen-bond donors (Lipinski definition) is 2. The number of urea groups is 1. The average Bonchev–Trinajstić information content (AvgIpc) is 3.04. The Balaban J connectivity index is 1.86. The maximum Gasteiger partial charge on any atom is 0.323 e. The molecule has 0 bridgehead atoms. The van der Waals surface area contributed by atoms with Crippen molar-refractivity contribution in [2.45, 2.75) is 51.2 Å². The van der Waals surface area contributed by atoms with Crippen LogP contribution >= 0.6 is 0 Å². The van der Waals surface area contributed by atoms with Crippen molar-refractivity contribution in [3.05, 3.63) is 0 Å². The number of rotatable bonds is 5. The standard InChI is InChI=1S/C14H24N2O4/c1-10-11(6-7-20-10)8-15-14(19)16(9-13(17)18)12-4-2-3-5-12/h10-12H,2-9H2,1H3,(H,15,19)(H,17,18). The molecule has 0 spiro atoms. The van der Waals surface area contributed by atoms with E-state index in [0.717, 1.165) is 38.7 Å². The number of carbonyl (C=O) groups is 2. The zero-order valence-electron chi connectivity index (χ0n) is 12.0. The van der Waals surface area contributed by atoms with E-state index in [2.05, 4.69) is 5.32 Å². The van der Waals surface area contributed by atoms with E-state index < -0.39 is 5.97 Å². The molecule has 1 heterocycles. The van der Waals surface area contributed by atoms with Crippen molar-refractivity contribution in [3.63, 3.8) is 0 Å². The Morgan fingerprint density at radius 2 is 2.00 bits per heavy atom. The molecule has 114 valence electrons. The summed E-state index contributed by atoms with van der Waals surface area (Å²) in [6, 6.07) is -0.179. The van der Waals surface area contributed by atoms with Crippen molar-refractivity contribution in [1.29, 1.82) is 0 Å². The second-order valence-corrected chi connectivity index (χ2v) is 5.77. The van der Waals surface area contributed by atoms with Crippen LogP contribution in [0.25, 0.3) is 0 Å². The summed E-state index contributed by atoms with van der Waals surface area (Å²) >= 11 is 0. The van der Waals surface area contributed by atoms with Gasteiger partial charge in [-0.05, 0) is 26.2 Å². The first-order valence-corrected chi connectivity index (χ1v) is 7.46. The van der Waals surface area contributed by atoms with Crippen LogP contribution in [-0.2, 0) is 9.53 Å². The third-order valence-electron chi connectivity index (χ3n) is 4.38. The molecular weight excluding hydrogens is 260 g/mol. The highest BCUT2D eigenvalue weighted by Gasteiger charge is 2.30. The maximum absolute atomic E-state index is 12.2. The molecule has 6 heteroatoms. The molecule has 2 fully saturated rings. The molecule has 1 saturated heterocycles. The summed E-state index contributed by atoms with van der Waals surface area (Å²) in [6.45, 7) is 3.09. The van der Waals surface area contributed by atoms with Crippen LogP contribution in [0.2, 0.25) is 0 Å². The Kier molecular flexibility index (Phi) is 5.23. The quantitative estimate of drug-likeness (QED) is 0.801. The van der Waals surface area contributed by atoms with Crippen LogP contribution in [-0.4, -0.2) is 53.8 Å². The second-order valence-electron chi connectivity index (χ2n) is 5.77. The largest absolute Gasteiger partial charge is 0.480 e. The van der Waals surface area contributed by atoms with Gasteiger partial charge in [0.1, 0.15) is 6.54 Å². The highest BCUT2D eigenvalue weighted by atomic mass is 16.5. The number of carbonyl (C=O) groups excluding carboxylic acids is 1. The van der Waals surface area contributed by atoms with E-state index in [-0.39, 0.29) is 24.7 Å². The third kappa shape index (κ3) is 3.85. The predicted octanol–water partition coefficient (Wildman–Crippen LogP) is 1.45. The highest BCUT2D eigenvalue weighted by molar-refractivity contribution is 5.80. The van der Waals surface area contributed by atoms with Crippen LogP contribution in [0, 0.1) is 5.92 Å². The van der Waals surface area contributed by atoms with Crippen LogP contribution in [0.3, 0.4) is 0 Å². The maximum atomic E-state index is 12.2. The van der Waals surface area contributed by atoms with Crippen molar-refractivity contribution in [2.24, 2.45) is 5.92 Å². The molecule has 2 aliphatic rings. The number of nitrogens with zero attached hydrogens (tertiary/aromatic N) is 1. The lowest BCUT2D eigenvalue weighted by Crippen LogP contribution is -2.49. The van der Waals surface area contributed by atoms with Gasteiger partial charge in [-0.25, -0.2) is 4.79 Å². The van der Waals surface area contributed by atoms with Crippen molar-refractivity contribution in [3.8, 4) is 0 Å². The minimum Gasteiger partial charge on any atom is -0.480 e. The molecular formula is C14H24N2O4. The fraction of sp³-hybridized carbons (Fsp3) is 0.857. The number of amides is 2. The normalized spacial score (nSPS) is 26.6. The fourth-order valence-corrected chi connectivity index (χ4v) is 3.09. The lowest BCUT2D eigenvalue weighted by Gasteiger charge is -2.28. The Labute approximate surface area is 119 Å². The van der Waals surface area contributed by atoms with Crippen molar-refractivity contribution in [2.75, 3.05) is 19.7 Å². The van der Waals surface area contributed by atoms with Crippen LogP contribution in [0.15, 0.2) is 0 Å². The van der Waals surface area contributed by atoms with Gasteiger partial charge >= 0.3 is 12.0 Å². The van der Waals surface area contributed by atoms with Gasteiger partial charge in [0.05, 0.1) is 6.10 Å². The van der Waals surface area contributed by atoms with Gasteiger partial charge in [-0.1, -0.05) is 12.8 Å². The fourth-order valence-electron chi connectivity index (χ4n) is 3.09. The summed E-state index contributed by atoms with van der Waals surface area (Å²) in [5, 5.41) is 11.9. The Morgan fingerprint density at radius 3 is 2.55 bits per heavy atom. The Bertz CT molecular complexity index is 355. The SMILES string of the molecule is CC1OCCC1CNC(=O)N(CC(=O)O)C1CCCC1. The minimum atomic E-state index is -0.954. The summed E-state index contributed by atoms with van der Waals surface area (Å²) in [6.07, 6.45) is 5.06. The van der Waals surface area contributed by atoms with E-state index in [0.29, 0.717) is 12.5 Å². The van der Waals surface area contributed by atoms with E-state index in [1.807, 2.05) is 6.92 Å². The first-order chi connectivity index (χ1) is 9.58. The van der Waals surface area contributed by atoms with E-state index in [1.165, 1.54) is 4.90 Å². The van der Waals surface area contributed by atoms with Crippen molar-refractivity contribution in [1.82, 2.24) is 10.2 Å². The second kappa shape index (κ2) is 6.92. The number of hydrogen-bond acceptors (Lipinski definition) is 3. The summed E-state index contributed by atoms with van der Waals surface area (Å²) in [7, 11) is 0. The molecule has 1 aliphatic heterocycles. The van der Waals surface area contributed by atoms with E-state index in [1.54, 1.807) is 0 Å². The lowest BCUT2D eigenvalue weighted by atomic mass is 10.0. The number of aliphatic carboxylic acids is 1. The van der Waals surface area contributed by atoms with Crippen molar-refractivity contribution < 1.29 is 19.4 Å². The minimum absolute atomic E-state index is 0.0725. The summed E-state index contributed by atoms with van der Waals surface area (Å²) in [5.74, 6) is -0.626. The predicted molar refractivity (Wildman–Crippen MR) is 73.5 cm³/mol. The van der Waals surface area contributed by atoms with E-state index in [9.17, 15) is 9.59 Å². The smallest absolute Gasteiger partial charge is 0.323 e. The van der Waals surface area contributed by atoms with E-state index in [4.69, 9.17) is 9.84 Å². The molecule has 1 saturated carbocycles. The lowest BCUT2D eigenvalue weighted by molar-refractivity contribution is -0.138. The van der Waals surface area contributed by atoms with Gasteiger partial charge in [0.15, 0.2) is 0 Å². The van der Waals surface area contributed by atoms with E-state index >= 15 is 0 Å². The van der Waals surface area contributed by atoms with Gasteiger partial charge in [-0.2, -0.15) is 0 Å². The summed E-state index contributed by atoms with van der Waals surface area (Å²) < 4.78 is 5.46. The molecule has 0 aromatic heterocycles. The van der Waals surface area contributed by atoms with Crippen molar-refractivity contribution >= 4 is 12.0 Å². The van der Waals surface area contributed by atoms with Crippen LogP contribution < -0.4 is 5.32 Å². The third-order valence-corrected chi connectivity index (χ3v) is 4.38. The van der Waals surface area contributed by atoms with Crippen LogP contribution in [0.1, 0.15) is 39.0 Å². The van der Waals surface area contributed by atoms with Gasteiger partial charge in [-0.15, -0.1) is 0 Å². The number of ether oxygens (including phenoxy) is 1. The topological polar surface area (TPSA) is 78.9 Å². The Morgan fingerprint density at radius 1 is 1.30 bits per heavy atom. The molecule has 0 aromatic carbocycles. The van der Waals surface area contributed by atoms with Gasteiger partial charge in [0.2, 0.25) is 0 Å². The summed E-state index contributed by atoms with van der Waals surface area (Å²) in [5.41, 5.74) is 0. The zero-order chi connectivity index (χ0) is 14.5. The molecule has 2 atom stereocenters. The van der Waals surface area contributed by atoms with Gasteiger partial charge in [0.25, 0.3) is 0 Å². The molecule has 2 N–H and O–H groups in total. The zero-order valence-corrected chi connectivity index (χ0v) is 12.0. The molecule has 6 nitrogen and oxygen atoms in total. The average molecular weight is 284 g/mol. The van der Waals surface area contributed by atoms with Crippen LogP contribution in [0.4, 0.5) is 4.79 Å². The first kappa shape index (κ1) is 15.1. The van der Waals surface area contributed by atoms with Gasteiger partial charge in [-0.3, -0.25) is 4.79 Å². The monoisotopic (exact) mass is 284 g/mol. The Hall–Kier alpha value is -1.30. The molecule has 0 aromatic rings. The number of carboxylic acid groups (broad SMARTS) is 1. The van der Waals surface area contributed by atoms with Gasteiger partial charge < -0.3 is 20.1 Å². The number of nitrogens with one attached hydrogen (secondary N) is 1. The first-order valence-electron chi connectivity index (χ1n) is 7.46. The molecule has 2 amide bonds. The highest BCUT2D eigenvalue weighted by Crippen LogP contribution is 2.24. The molecule has 20 heavy (non-hydrogen) atoms. The van der Waals surface area contributed by atoms with Gasteiger partial charge in [0, 0.05) is 25.1 Å². The molecule has 0 radical (unpaired) electrons. The molecule has 2 rings (SSSR count).